The van der Waals surface area contributed by atoms with Gasteiger partial charge in [-0.3, -0.25) is 0 Å². The molecule has 0 amide bonds. The van der Waals surface area contributed by atoms with Crippen LogP contribution in [0, 0.1) is 5.41 Å². The van der Waals surface area contributed by atoms with E-state index in [0.29, 0.717) is 36.0 Å². The fraction of sp³-hybridized carbons (Fsp3) is 0.444. The highest BCUT2D eigenvalue weighted by Crippen LogP contribution is 2.53. The summed E-state index contributed by atoms with van der Waals surface area (Å²) in [4.78, 5) is 5.01. The number of aryl methyl sites for hydroxylation is 2. The van der Waals surface area contributed by atoms with Gasteiger partial charge in [-0.05, 0) is 152 Å². The molecule has 3 aromatic carbocycles. The Kier molecular flexibility index (Phi) is 10.6. The Morgan fingerprint density at radius 2 is 1.27 bits per heavy atom. The number of hydrogen-bond acceptors (Lipinski definition) is 3. The number of anilines is 2. The van der Waals surface area contributed by atoms with Crippen molar-refractivity contribution < 1.29 is 35.4 Å². The first-order valence-electron chi connectivity index (χ1n) is 23.2. The molecule has 6 heterocycles. The van der Waals surface area contributed by atoms with Crippen LogP contribution in [0.15, 0.2) is 83.7 Å². The van der Waals surface area contributed by atoms with Crippen molar-refractivity contribution >= 4 is 28.1 Å². The summed E-state index contributed by atoms with van der Waals surface area (Å²) in [5.41, 5.74) is 10.7. The summed E-state index contributed by atoms with van der Waals surface area (Å²) in [7, 11) is 2.06. The Bertz CT molecular complexity index is 2590. The number of ether oxygens (including phenoxy) is 1. The molecule has 0 radical (unpaired) electrons. The quantitative estimate of drug-likeness (QED) is 0.192. The fourth-order valence-corrected chi connectivity index (χ4v) is 11.3. The molecule has 0 fully saturated rings. The lowest BCUT2D eigenvalue weighted by molar-refractivity contribution is -0.143. The molecular formula is C54H57F6N2O2+. The van der Waals surface area contributed by atoms with Gasteiger partial charge in [-0.1, -0.05) is 45.1 Å². The van der Waals surface area contributed by atoms with Crippen molar-refractivity contribution in [3.8, 4) is 11.5 Å². The van der Waals surface area contributed by atoms with Crippen molar-refractivity contribution in [2.75, 3.05) is 43.1 Å². The highest BCUT2D eigenvalue weighted by atomic mass is 19.4. The monoisotopic (exact) mass is 879 g/mol. The van der Waals surface area contributed by atoms with Crippen molar-refractivity contribution in [1.29, 1.82) is 0 Å². The molecular weight excluding hydrogens is 823 g/mol. The van der Waals surface area contributed by atoms with Gasteiger partial charge in [0.15, 0.2) is 7.11 Å². The molecule has 7 aliphatic rings. The molecule has 10 rings (SSSR count). The Morgan fingerprint density at radius 1 is 0.672 bits per heavy atom. The number of nitrogens with zero attached hydrogens (tertiary/aromatic N) is 2. The Labute approximate surface area is 373 Å². The molecule has 1 unspecified atom stereocenters. The summed E-state index contributed by atoms with van der Waals surface area (Å²) < 4.78 is 97.3. The van der Waals surface area contributed by atoms with E-state index in [0.717, 1.165) is 129 Å². The number of halogens is 6. The van der Waals surface area contributed by atoms with Crippen molar-refractivity contribution in [3.05, 3.63) is 134 Å². The summed E-state index contributed by atoms with van der Waals surface area (Å²) in [6.07, 6.45) is 12.1. The van der Waals surface area contributed by atoms with E-state index in [4.69, 9.17) is 4.74 Å². The van der Waals surface area contributed by atoms with E-state index in [9.17, 15) is 26.3 Å². The Morgan fingerprint density at radius 3 is 1.89 bits per heavy atom. The van der Waals surface area contributed by atoms with Crippen LogP contribution >= 0.6 is 0 Å². The normalized spacial score (nSPS) is 22.3. The van der Waals surface area contributed by atoms with Gasteiger partial charge >= 0.3 is 12.4 Å². The second kappa shape index (κ2) is 15.8. The van der Waals surface area contributed by atoms with Gasteiger partial charge in [-0.15, -0.1) is 0 Å². The molecule has 0 N–H and O–H groups in total. The predicted octanol–water partition coefficient (Wildman–Crippen LogP) is 14.3. The maximum Gasteiger partial charge on any atom is 0.416 e. The third kappa shape index (κ3) is 7.60. The first-order chi connectivity index (χ1) is 30.4. The van der Waals surface area contributed by atoms with E-state index in [-0.39, 0.29) is 23.1 Å². The van der Waals surface area contributed by atoms with Crippen LogP contribution in [-0.4, -0.2) is 39.4 Å². The van der Waals surface area contributed by atoms with Crippen LogP contribution in [0.4, 0.5) is 37.7 Å². The maximum absolute atomic E-state index is 14.5. The summed E-state index contributed by atoms with van der Waals surface area (Å²) >= 11 is 0. The van der Waals surface area contributed by atoms with Gasteiger partial charge in [0, 0.05) is 61.4 Å². The van der Waals surface area contributed by atoms with E-state index in [1.165, 1.54) is 33.6 Å². The Hall–Kier alpha value is -5.12. The minimum atomic E-state index is -4.98. The van der Waals surface area contributed by atoms with E-state index < -0.39 is 23.5 Å². The van der Waals surface area contributed by atoms with Crippen LogP contribution < -0.4 is 14.5 Å². The van der Waals surface area contributed by atoms with Gasteiger partial charge in [0.1, 0.15) is 11.5 Å². The highest BCUT2D eigenvalue weighted by Gasteiger charge is 2.40. The minimum absolute atomic E-state index is 0.00304. The van der Waals surface area contributed by atoms with Crippen LogP contribution in [0.2, 0.25) is 0 Å². The van der Waals surface area contributed by atoms with Crippen LogP contribution in [0.1, 0.15) is 123 Å². The van der Waals surface area contributed by atoms with E-state index >= 15 is 0 Å². The second-order valence-corrected chi connectivity index (χ2v) is 19.8. The SMILES string of the molecule is CC1C=C(/C=C/C2=C(c3cc(C(F)(F)F)cc(C(F)(F)F)c3)C(=C/C=C3\C=C(C(C)(C)C)Oc4c3cc3c5c4CCCN5CCC3)/CCC2)c2cc3c4c(c2[O+]1C)CCCN4CCC3. The molecule has 0 bridgehead atoms. The number of rotatable bonds is 4. The first kappa shape index (κ1) is 42.8. The third-order valence-electron chi connectivity index (χ3n) is 14.4. The van der Waals surface area contributed by atoms with Crippen molar-refractivity contribution in [2.45, 2.75) is 117 Å². The molecule has 0 saturated heterocycles. The number of alkyl halides is 6. The number of allylic oxidation sites excluding steroid dienone is 11. The van der Waals surface area contributed by atoms with Crippen LogP contribution in [-0.2, 0) is 42.4 Å². The lowest BCUT2D eigenvalue weighted by Crippen LogP contribution is -2.35. The smallest absolute Gasteiger partial charge is 0.416 e. The largest absolute Gasteiger partial charge is 0.569 e. The van der Waals surface area contributed by atoms with Gasteiger partial charge in [-0.2, -0.15) is 26.3 Å². The highest BCUT2D eigenvalue weighted by molar-refractivity contribution is 5.90. The van der Waals surface area contributed by atoms with E-state index in [1.54, 1.807) is 0 Å². The zero-order valence-electron chi connectivity index (χ0n) is 37.5. The minimum Gasteiger partial charge on any atom is -0.569 e. The first-order valence-corrected chi connectivity index (χ1v) is 23.2. The standard InChI is InChI=1S/C54H57F6N2O2/c1-32-25-35(45-29-38-14-8-22-62-24-10-16-43(49(38)62)51(45)64(32)5)19-17-33-11-6-12-34(47(33)39-26-40(53(55,56)57)31-41(27-39)54(58,59)60)18-20-36-30-46(52(2,3)4)63-50-42-15-9-23-61-21-7-13-37(48(42)61)28-44(36)50/h17-20,25-32H,6-16,21-24H2,1-5H3/q+1/b19-17+,34-18+,36-20+. The third-order valence-corrected chi connectivity index (χ3v) is 14.4. The van der Waals surface area contributed by atoms with Crippen LogP contribution in [0.3, 0.4) is 0 Å². The van der Waals surface area contributed by atoms with E-state index in [1.807, 2.05) is 24.3 Å². The molecule has 0 aromatic heterocycles. The second-order valence-electron chi connectivity index (χ2n) is 19.8. The molecule has 4 nitrogen and oxygen atoms in total. The van der Waals surface area contributed by atoms with Crippen LogP contribution in [0.25, 0.3) is 16.7 Å². The van der Waals surface area contributed by atoms with Crippen LogP contribution in [0.5, 0.6) is 11.5 Å². The van der Waals surface area contributed by atoms with Gasteiger partial charge in [0.2, 0.25) is 6.10 Å². The zero-order valence-corrected chi connectivity index (χ0v) is 37.5. The molecule has 1 aliphatic carbocycles. The lowest BCUT2D eigenvalue weighted by atomic mass is 9.80. The molecule has 0 spiro atoms. The van der Waals surface area contributed by atoms with Crippen molar-refractivity contribution in [3.63, 3.8) is 0 Å². The van der Waals surface area contributed by atoms with Gasteiger partial charge in [0.25, 0.3) is 5.75 Å². The average Bonchev–Trinajstić information content (AvgIpc) is 3.25. The average molecular weight is 880 g/mol. The molecule has 1 atom stereocenters. The number of hydrogen-bond donors (Lipinski definition) is 0. The van der Waals surface area contributed by atoms with Gasteiger partial charge in [-0.25, -0.2) is 0 Å². The molecule has 6 aliphatic heterocycles. The lowest BCUT2D eigenvalue weighted by Gasteiger charge is -2.40. The summed E-state index contributed by atoms with van der Waals surface area (Å²) in [5, 5.41) is 0. The van der Waals surface area contributed by atoms with E-state index in [2.05, 4.69) is 73.3 Å². The number of fused-ring (bicyclic) bond motifs is 4. The fourth-order valence-electron chi connectivity index (χ4n) is 11.3. The Balaban J connectivity index is 1.15. The topological polar surface area (TPSA) is 18.4 Å². The molecule has 3 aromatic rings. The maximum atomic E-state index is 14.5. The predicted molar refractivity (Wildman–Crippen MR) is 245 cm³/mol. The summed E-state index contributed by atoms with van der Waals surface area (Å²) in [5.74, 6) is 2.81. The molecule has 64 heavy (non-hydrogen) atoms. The zero-order chi connectivity index (χ0) is 44.9. The van der Waals surface area contributed by atoms with Gasteiger partial charge < -0.3 is 18.9 Å². The summed E-state index contributed by atoms with van der Waals surface area (Å²) in [6.45, 7) is 12.6. The molecule has 10 heteroatoms. The molecule has 0 saturated carbocycles. The van der Waals surface area contributed by atoms with Gasteiger partial charge in [0.05, 0.1) is 27.9 Å². The summed E-state index contributed by atoms with van der Waals surface area (Å²) in [6, 6.07) is 6.59. The van der Waals surface area contributed by atoms with Crippen molar-refractivity contribution in [1.82, 2.24) is 0 Å². The molecule has 336 valence electrons. The number of benzene rings is 3. The van der Waals surface area contributed by atoms with Crippen molar-refractivity contribution in [2.24, 2.45) is 5.41 Å².